The molecule has 0 aromatic carbocycles. The highest BCUT2D eigenvalue weighted by Crippen LogP contribution is 2.28. The van der Waals surface area contributed by atoms with Crippen LogP contribution in [-0.2, 0) is 0 Å². The molecule has 4 nitrogen and oxygen atoms in total. The fraction of sp³-hybridized carbons (Fsp3) is 0.455. The van der Waals surface area contributed by atoms with Crippen LogP contribution in [0.25, 0.3) is 0 Å². The molecule has 5 heteroatoms. The van der Waals surface area contributed by atoms with Crippen LogP contribution in [-0.4, -0.2) is 36.0 Å². The third-order valence-corrected chi connectivity index (χ3v) is 2.54. The topological polar surface area (TPSA) is 42.4 Å². The van der Waals surface area contributed by atoms with E-state index in [0.29, 0.717) is 16.9 Å². The molecule has 0 radical (unpaired) electrons. The molecule has 0 atom stereocenters. The average molecular weight is 241 g/mol. The summed E-state index contributed by atoms with van der Waals surface area (Å²) in [7, 11) is 3.32. The average Bonchev–Trinajstić information content (AvgIpc) is 3.01. The molecule has 1 aromatic heterocycles. The summed E-state index contributed by atoms with van der Waals surface area (Å²) in [6, 6.07) is 1.64. The Labute approximate surface area is 99.2 Å². The van der Waals surface area contributed by atoms with Crippen molar-refractivity contribution in [3.8, 4) is 5.75 Å². The van der Waals surface area contributed by atoms with Gasteiger partial charge in [0.1, 0.15) is 11.4 Å². The Bertz CT molecular complexity index is 416. The van der Waals surface area contributed by atoms with E-state index in [1.54, 1.807) is 26.4 Å². The minimum absolute atomic E-state index is 0.206. The van der Waals surface area contributed by atoms with Gasteiger partial charge in [-0.1, -0.05) is 11.6 Å². The van der Waals surface area contributed by atoms with E-state index in [-0.39, 0.29) is 11.6 Å². The molecule has 0 aliphatic heterocycles. The second-order valence-corrected chi connectivity index (χ2v) is 4.43. The second kappa shape index (κ2) is 4.29. The molecule has 16 heavy (non-hydrogen) atoms. The number of halogens is 1. The molecule has 0 saturated heterocycles. The molecule has 1 amide bonds. The van der Waals surface area contributed by atoms with Gasteiger partial charge in [-0.25, -0.2) is 4.98 Å². The summed E-state index contributed by atoms with van der Waals surface area (Å²) < 4.78 is 5.53. The van der Waals surface area contributed by atoms with Gasteiger partial charge in [-0.05, 0) is 12.8 Å². The van der Waals surface area contributed by atoms with E-state index in [0.717, 1.165) is 12.8 Å². The summed E-state index contributed by atoms with van der Waals surface area (Å²) in [5, 5.41) is 0.330. The third-order valence-electron chi connectivity index (χ3n) is 2.25. The Morgan fingerprint density at radius 3 is 2.75 bits per heavy atom. The maximum absolute atomic E-state index is 11.6. The summed E-state index contributed by atoms with van der Waals surface area (Å²) in [6.45, 7) is 0. The zero-order valence-corrected chi connectivity index (χ0v) is 9.99. The van der Waals surface area contributed by atoms with Crippen molar-refractivity contribution in [3.63, 3.8) is 0 Å². The number of aromatic nitrogens is 1. The third kappa shape index (κ3) is 2.44. The van der Waals surface area contributed by atoms with Crippen molar-refractivity contribution in [1.29, 1.82) is 0 Å². The Morgan fingerprint density at radius 2 is 2.25 bits per heavy atom. The van der Waals surface area contributed by atoms with Gasteiger partial charge in [0, 0.05) is 20.2 Å². The molecule has 2 rings (SSSR count). The van der Waals surface area contributed by atoms with E-state index in [4.69, 9.17) is 16.3 Å². The standard InChI is InChI=1S/C11H13ClN2O2/c1-14(2)11(15)10-9(12)5-8(6-13-10)16-7-3-4-7/h5-7H,3-4H2,1-2H3. The zero-order chi connectivity index (χ0) is 11.7. The molecule has 0 N–H and O–H groups in total. The molecular formula is C11H13ClN2O2. The molecule has 1 saturated carbocycles. The monoisotopic (exact) mass is 240 g/mol. The van der Waals surface area contributed by atoms with E-state index >= 15 is 0 Å². The second-order valence-electron chi connectivity index (χ2n) is 4.02. The molecule has 86 valence electrons. The van der Waals surface area contributed by atoms with E-state index in [1.165, 1.54) is 4.90 Å². The van der Waals surface area contributed by atoms with E-state index in [1.807, 2.05) is 0 Å². The minimum Gasteiger partial charge on any atom is -0.489 e. The Kier molecular flexibility index (Phi) is 3.01. The highest BCUT2D eigenvalue weighted by molar-refractivity contribution is 6.33. The van der Waals surface area contributed by atoms with Crippen LogP contribution < -0.4 is 4.74 Å². The number of amides is 1. The predicted molar refractivity (Wildman–Crippen MR) is 60.9 cm³/mol. The maximum atomic E-state index is 11.6. The van der Waals surface area contributed by atoms with Gasteiger partial charge in [0.25, 0.3) is 5.91 Å². The Morgan fingerprint density at radius 1 is 1.56 bits per heavy atom. The van der Waals surface area contributed by atoms with Crippen LogP contribution in [0.5, 0.6) is 5.75 Å². The first-order valence-electron chi connectivity index (χ1n) is 5.12. The number of pyridine rings is 1. The van der Waals surface area contributed by atoms with Crippen molar-refractivity contribution >= 4 is 17.5 Å². The van der Waals surface area contributed by atoms with Crippen LogP contribution in [0.3, 0.4) is 0 Å². The van der Waals surface area contributed by atoms with Crippen LogP contribution in [0.1, 0.15) is 23.3 Å². The van der Waals surface area contributed by atoms with E-state index in [9.17, 15) is 4.79 Å². The summed E-state index contributed by atoms with van der Waals surface area (Å²) >= 11 is 5.98. The maximum Gasteiger partial charge on any atom is 0.273 e. The van der Waals surface area contributed by atoms with Gasteiger partial charge in [0.15, 0.2) is 0 Å². The van der Waals surface area contributed by atoms with E-state index < -0.39 is 0 Å². The lowest BCUT2D eigenvalue weighted by molar-refractivity contribution is 0.0822. The van der Waals surface area contributed by atoms with Crippen LogP contribution in [0, 0.1) is 0 Å². The first-order chi connectivity index (χ1) is 7.58. The van der Waals surface area contributed by atoms with Gasteiger partial charge in [0.05, 0.1) is 17.3 Å². The van der Waals surface area contributed by atoms with Crippen LogP contribution >= 0.6 is 11.6 Å². The summed E-state index contributed by atoms with van der Waals surface area (Å²) in [4.78, 5) is 17.1. The summed E-state index contributed by atoms with van der Waals surface area (Å²) in [5.74, 6) is 0.422. The van der Waals surface area contributed by atoms with Crippen molar-refractivity contribution in [3.05, 3.63) is 23.0 Å². The van der Waals surface area contributed by atoms with Gasteiger partial charge in [-0.2, -0.15) is 0 Å². The lowest BCUT2D eigenvalue weighted by Gasteiger charge is -2.11. The molecule has 0 unspecified atom stereocenters. The van der Waals surface area contributed by atoms with Crippen molar-refractivity contribution in [1.82, 2.24) is 9.88 Å². The van der Waals surface area contributed by atoms with E-state index in [2.05, 4.69) is 4.98 Å². The highest BCUT2D eigenvalue weighted by Gasteiger charge is 2.24. The zero-order valence-electron chi connectivity index (χ0n) is 9.24. The van der Waals surface area contributed by atoms with Crippen LogP contribution in [0.4, 0.5) is 0 Å². The largest absolute Gasteiger partial charge is 0.489 e. The quantitative estimate of drug-likeness (QED) is 0.811. The molecule has 1 aliphatic rings. The SMILES string of the molecule is CN(C)C(=O)c1ncc(OC2CC2)cc1Cl. The summed E-state index contributed by atoms with van der Waals surface area (Å²) in [5.41, 5.74) is 0.259. The first kappa shape index (κ1) is 11.2. The number of hydrogen-bond acceptors (Lipinski definition) is 3. The first-order valence-corrected chi connectivity index (χ1v) is 5.49. The van der Waals surface area contributed by atoms with Crippen molar-refractivity contribution < 1.29 is 9.53 Å². The number of carbonyl (C=O) groups excluding carboxylic acids is 1. The van der Waals surface area contributed by atoms with Crippen molar-refractivity contribution in [2.45, 2.75) is 18.9 Å². The lowest BCUT2D eigenvalue weighted by Crippen LogP contribution is -2.23. The Balaban J connectivity index is 2.18. The smallest absolute Gasteiger partial charge is 0.273 e. The number of ether oxygens (including phenoxy) is 1. The predicted octanol–water partition coefficient (Wildman–Crippen LogP) is 1.98. The highest BCUT2D eigenvalue weighted by atomic mass is 35.5. The molecule has 0 spiro atoms. The Hall–Kier alpha value is -1.29. The normalized spacial score (nSPS) is 14.7. The molecule has 1 fully saturated rings. The fourth-order valence-corrected chi connectivity index (χ4v) is 1.47. The van der Waals surface area contributed by atoms with Gasteiger partial charge in [-0.15, -0.1) is 0 Å². The minimum atomic E-state index is -0.206. The fourth-order valence-electron chi connectivity index (χ4n) is 1.23. The number of carbonyl (C=O) groups is 1. The molecule has 0 bridgehead atoms. The number of nitrogens with zero attached hydrogens (tertiary/aromatic N) is 2. The van der Waals surface area contributed by atoms with Crippen molar-refractivity contribution in [2.24, 2.45) is 0 Å². The number of hydrogen-bond donors (Lipinski definition) is 0. The molecule has 1 aromatic rings. The van der Waals surface area contributed by atoms with Crippen molar-refractivity contribution in [2.75, 3.05) is 14.1 Å². The van der Waals surface area contributed by atoms with Gasteiger partial charge in [0.2, 0.25) is 0 Å². The van der Waals surface area contributed by atoms with Crippen LogP contribution in [0.15, 0.2) is 12.3 Å². The van der Waals surface area contributed by atoms with Gasteiger partial charge >= 0.3 is 0 Å². The van der Waals surface area contributed by atoms with Gasteiger partial charge < -0.3 is 9.64 Å². The molecular weight excluding hydrogens is 228 g/mol. The van der Waals surface area contributed by atoms with Gasteiger partial charge in [-0.3, -0.25) is 4.79 Å². The molecule has 1 aliphatic carbocycles. The van der Waals surface area contributed by atoms with Crippen LogP contribution in [0.2, 0.25) is 5.02 Å². The molecule has 1 heterocycles. The lowest BCUT2D eigenvalue weighted by atomic mass is 10.3. The number of rotatable bonds is 3. The summed E-state index contributed by atoms with van der Waals surface area (Å²) in [6.07, 6.45) is 4.00.